The van der Waals surface area contributed by atoms with Gasteiger partial charge in [-0.2, -0.15) is 0 Å². The van der Waals surface area contributed by atoms with Crippen LogP contribution in [0.15, 0.2) is 49.6 Å². The van der Waals surface area contributed by atoms with E-state index in [1.165, 1.54) is 5.56 Å². The van der Waals surface area contributed by atoms with Gasteiger partial charge in [0, 0.05) is 0 Å². The van der Waals surface area contributed by atoms with Gasteiger partial charge in [0.25, 0.3) is 0 Å². The van der Waals surface area contributed by atoms with E-state index < -0.39 is 0 Å². The second-order valence-electron chi connectivity index (χ2n) is 3.16. The molecule has 0 aromatic heterocycles. The van der Waals surface area contributed by atoms with E-state index in [-0.39, 0.29) is 12.1 Å². The van der Waals surface area contributed by atoms with Crippen molar-refractivity contribution in [3.8, 4) is 5.75 Å². The van der Waals surface area contributed by atoms with Gasteiger partial charge in [0.05, 0.1) is 6.61 Å². The van der Waals surface area contributed by atoms with E-state index in [9.17, 15) is 0 Å². The average Bonchev–Trinajstić information content (AvgIpc) is 2.40. The topological polar surface area (TPSA) is 18.5 Å². The molecule has 1 rings (SSSR count). The summed E-state index contributed by atoms with van der Waals surface area (Å²) in [6.07, 6.45) is 4.42. The normalized spacial score (nSPS) is 9.00. The van der Waals surface area contributed by atoms with Gasteiger partial charge in [0.15, 0.2) is 6.07 Å². The van der Waals surface area contributed by atoms with Crippen LogP contribution in [0.5, 0.6) is 5.75 Å². The highest BCUT2D eigenvalue weighted by Crippen LogP contribution is 2.12. The Hall–Kier alpha value is -0.960. The first-order valence-electron chi connectivity index (χ1n) is 5.41. The summed E-state index contributed by atoms with van der Waals surface area (Å²) in [6, 6.07) is 8.27. The highest BCUT2D eigenvalue weighted by atomic mass is 35.5. The van der Waals surface area contributed by atoms with Crippen LogP contribution in [0.3, 0.4) is 0 Å². The van der Waals surface area contributed by atoms with Gasteiger partial charge in [-0.15, -0.1) is 13.2 Å². The Morgan fingerprint density at radius 3 is 2.06 bits per heavy atom. The summed E-state index contributed by atoms with van der Waals surface area (Å²) in [6.45, 7) is 7.62. The molecule has 100 valence electrons. The predicted octanol–water partition coefficient (Wildman–Crippen LogP) is 4.38. The number of hydrogen-bond donors (Lipinski definition) is 0. The highest BCUT2D eigenvalue weighted by molar-refractivity contribution is 6.17. The number of allylic oxidation sites excluding steroid dienone is 1. The van der Waals surface area contributed by atoms with Crippen LogP contribution in [-0.4, -0.2) is 18.7 Å². The standard InChI is InChI=1S/C10H11ClO.C4H7ClO/c1-2-3-9-4-6-10(7-5-9)12-8-11;1-2-3-6-4-5/h2,4-7H,1,3,8H2;2H,1,3-4H2. The van der Waals surface area contributed by atoms with E-state index in [1.54, 1.807) is 6.08 Å². The van der Waals surface area contributed by atoms with Crippen molar-refractivity contribution < 1.29 is 9.47 Å². The molecule has 0 aliphatic rings. The number of hydrogen-bond acceptors (Lipinski definition) is 2. The summed E-state index contributed by atoms with van der Waals surface area (Å²) >= 11 is 10.5. The van der Waals surface area contributed by atoms with Crippen molar-refractivity contribution in [1.29, 1.82) is 0 Å². The molecule has 0 bridgehead atoms. The van der Waals surface area contributed by atoms with Crippen LogP contribution >= 0.6 is 23.2 Å². The second-order valence-corrected chi connectivity index (χ2v) is 3.60. The van der Waals surface area contributed by atoms with E-state index in [4.69, 9.17) is 27.9 Å². The summed E-state index contributed by atoms with van der Waals surface area (Å²) in [7, 11) is 0. The van der Waals surface area contributed by atoms with Gasteiger partial charge in [0.2, 0.25) is 0 Å². The molecular weight excluding hydrogens is 271 g/mol. The molecule has 0 amide bonds. The highest BCUT2D eigenvalue weighted by Gasteiger charge is 1.92. The number of benzene rings is 1. The van der Waals surface area contributed by atoms with Gasteiger partial charge in [-0.05, 0) is 24.1 Å². The lowest BCUT2D eigenvalue weighted by molar-refractivity contribution is 0.213. The fraction of sp³-hybridized carbons (Fsp3) is 0.286. The third-order valence-electron chi connectivity index (χ3n) is 1.84. The smallest absolute Gasteiger partial charge is 0.162 e. The van der Waals surface area contributed by atoms with Crippen molar-refractivity contribution in [1.82, 2.24) is 0 Å². The van der Waals surface area contributed by atoms with Gasteiger partial charge < -0.3 is 9.47 Å². The maximum atomic E-state index is 5.40. The Bertz CT molecular complexity index is 323. The first-order valence-corrected chi connectivity index (χ1v) is 6.48. The first kappa shape index (κ1) is 17.0. The van der Waals surface area contributed by atoms with Crippen LogP contribution in [0.2, 0.25) is 0 Å². The fourth-order valence-electron chi connectivity index (χ4n) is 1.08. The lowest BCUT2D eigenvalue weighted by atomic mass is 10.1. The molecule has 0 aliphatic carbocycles. The first-order chi connectivity index (χ1) is 8.78. The molecule has 0 saturated carbocycles. The molecule has 0 saturated heterocycles. The molecule has 0 atom stereocenters. The number of rotatable bonds is 7. The van der Waals surface area contributed by atoms with Crippen molar-refractivity contribution >= 4 is 23.2 Å². The van der Waals surface area contributed by atoms with Crippen LogP contribution in [0, 0.1) is 0 Å². The van der Waals surface area contributed by atoms with Gasteiger partial charge in [-0.3, -0.25) is 0 Å². The van der Waals surface area contributed by atoms with Crippen molar-refractivity contribution in [3.63, 3.8) is 0 Å². The SMILES string of the molecule is C=CCOCCl.C=CCc1ccc(OCCl)cc1. The maximum absolute atomic E-state index is 5.40. The Morgan fingerprint density at radius 1 is 1.00 bits per heavy atom. The van der Waals surface area contributed by atoms with E-state index in [0.717, 1.165) is 12.2 Å². The largest absolute Gasteiger partial charge is 0.478 e. The minimum Gasteiger partial charge on any atom is -0.478 e. The molecule has 18 heavy (non-hydrogen) atoms. The van der Waals surface area contributed by atoms with Gasteiger partial charge in [0.1, 0.15) is 11.8 Å². The Balaban J connectivity index is 0.000000411. The zero-order valence-electron chi connectivity index (χ0n) is 10.3. The third kappa shape index (κ3) is 9.11. The van der Waals surface area contributed by atoms with Crippen molar-refractivity contribution in [2.24, 2.45) is 0 Å². The minimum absolute atomic E-state index is 0.195. The number of alkyl halides is 2. The molecule has 0 N–H and O–H groups in total. The summed E-state index contributed by atoms with van der Waals surface area (Å²) < 4.78 is 9.71. The lowest BCUT2D eigenvalue weighted by Crippen LogP contribution is -1.88. The molecule has 1 aromatic carbocycles. The third-order valence-corrected chi connectivity index (χ3v) is 2.10. The molecule has 0 spiro atoms. The Labute approximate surface area is 119 Å². The van der Waals surface area contributed by atoms with E-state index in [0.29, 0.717) is 6.61 Å². The molecule has 0 fully saturated rings. The van der Waals surface area contributed by atoms with Gasteiger partial charge in [-0.25, -0.2) is 0 Å². The summed E-state index contributed by atoms with van der Waals surface area (Å²) in [5.41, 5.74) is 1.23. The van der Waals surface area contributed by atoms with Crippen molar-refractivity contribution in [2.45, 2.75) is 6.42 Å². The zero-order valence-corrected chi connectivity index (χ0v) is 11.8. The van der Waals surface area contributed by atoms with Gasteiger partial charge >= 0.3 is 0 Å². The Morgan fingerprint density at radius 2 is 1.67 bits per heavy atom. The molecule has 0 aliphatic heterocycles. The average molecular weight is 289 g/mol. The van der Waals surface area contributed by atoms with Crippen LogP contribution in [0.25, 0.3) is 0 Å². The van der Waals surface area contributed by atoms with E-state index in [2.05, 4.69) is 17.9 Å². The zero-order chi connectivity index (χ0) is 13.6. The van der Waals surface area contributed by atoms with Gasteiger partial charge in [-0.1, -0.05) is 47.5 Å². The molecule has 0 unspecified atom stereocenters. The molecular formula is C14H18Cl2O2. The monoisotopic (exact) mass is 288 g/mol. The van der Waals surface area contributed by atoms with Crippen molar-refractivity contribution in [2.75, 3.05) is 18.7 Å². The maximum Gasteiger partial charge on any atom is 0.162 e. The number of halogens is 2. The predicted molar refractivity (Wildman–Crippen MR) is 78.6 cm³/mol. The Kier molecular flexibility index (Phi) is 11.8. The molecule has 2 nitrogen and oxygen atoms in total. The quantitative estimate of drug-likeness (QED) is 0.421. The summed E-state index contributed by atoms with van der Waals surface area (Å²) in [5.74, 6) is 0.804. The second kappa shape index (κ2) is 12.5. The van der Waals surface area contributed by atoms with Crippen LogP contribution < -0.4 is 4.74 Å². The van der Waals surface area contributed by atoms with Crippen LogP contribution in [0.4, 0.5) is 0 Å². The van der Waals surface area contributed by atoms with E-state index in [1.807, 2.05) is 30.3 Å². The van der Waals surface area contributed by atoms with Crippen LogP contribution in [-0.2, 0) is 11.2 Å². The molecule has 0 radical (unpaired) electrons. The molecule has 1 aromatic rings. The van der Waals surface area contributed by atoms with Crippen molar-refractivity contribution in [3.05, 3.63) is 55.1 Å². The van der Waals surface area contributed by atoms with E-state index >= 15 is 0 Å². The summed E-state index contributed by atoms with van der Waals surface area (Å²) in [4.78, 5) is 0. The number of ether oxygens (including phenoxy) is 2. The summed E-state index contributed by atoms with van der Waals surface area (Å²) in [5, 5.41) is 0. The molecule has 4 heteroatoms. The fourth-order valence-corrected chi connectivity index (χ4v) is 1.29. The molecule has 0 heterocycles. The van der Waals surface area contributed by atoms with Crippen LogP contribution in [0.1, 0.15) is 5.56 Å². The minimum atomic E-state index is 0.195. The lowest BCUT2D eigenvalue weighted by Gasteiger charge is -2.01.